The fourth-order valence-corrected chi connectivity index (χ4v) is 2.70. The van der Waals surface area contributed by atoms with Crippen molar-refractivity contribution >= 4 is 48.3 Å². The predicted octanol–water partition coefficient (Wildman–Crippen LogP) is 2.67. The predicted molar refractivity (Wildman–Crippen MR) is 64.1 cm³/mol. The highest BCUT2D eigenvalue weighted by Gasteiger charge is 2.15. The van der Waals surface area contributed by atoms with Crippen molar-refractivity contribution in [2.75, 3.05) is 0 Å². The lowest BCUT2D eigenvalue weighted by molar-refractivity contribution is 0.609. The molecule has 0 atom stereocenters. The van der Waals surface area contributed by atoms with E-state index in [2.05, 4.69) is 28.6 Å². The van der Waals surface area contributed by atoms with Crippen LogP contribution in [-0.2, 0) is 14.4 Å². The van der Waals surface area contributed by atoms with Crippen LogP contribution in [0.4, 0.5) is 0 Å². The highest BCUT2D eigenvalue weighted by Crippen LogP contribution is 2.26. The van der Waals surface area contributed by atoms with E-state index in [0.717, 1.165) is 0 Å². The van der Waals surface area contributed by atoms with Gasteiger partial charge in [-0.2, -0.15) is 5.26 Å². The molecule has 0 aliphatic carbocycles. The average molecular weight is 327 g/mol. The second kappa shape index (κ2) is 4.74. The van der Waals surface area contributed by atoms with Crippen LogP contribution >= 0.6 is 39.2 Å². The first kappa shape index (κ1) is 12.8. The molecule has 1 aromatic rings. The lowest BCUT2D eigenvalue weighted by Gasteiger charge is -2.05. The molecule has 0 unspecified atom stereocenters. The minimum atomic E-state index is -3.79. The Balaban J connectivity index is 3.54. The molecule has 0 N–H and O–H groups in total. The van der Waals surface area contributed by atoms with Crippen molar-refractivity contribution < 1.29 is 8.42 Å². The first-order chi connectivity index (χ1) is 6.90. The van der Waals surface area contributed by atoms with Gasteiger partial charge >= 0.3 is 0 Å². The number of alkyl halides is 1. The van der Waals surface area contributed by atoms with Crippen molar-refractivity contribution in [1.29, 1.82) is 5.26 Å². The third-order valence-corrected chi connectivity index (χ3v) is 4.00. The summed E-state index contributed by atoms with van der Waals surface area (Å²) in [5.41, 5.74) is 0.892. The maximum absolute atomic E-state index is 11.1. The van der Waals surface area contributed by atoms with Crippen LogP contribution in [0.2, 0.25) is 0 Å². The molecule has 80 valence electrons. The number of rotatable bonds is 2. The molecule has 0 saturated carbocycles. The molecule has 3 nitrogen and oxygen atoms in total. The van der Waals surface area contributed by atoms with Crippen molar-refractivity contribution in [3.63, 3.8) is 0 Å². The quantitative estimate of drug-likeness (QED) is 0.516. The number of thiol groups is 1. The summed E-state index contributed by atoms with van der Waals surface area (Å²) < 4.78 is 22.2. The Hall–Kier alpha value is -0.220. The monoisotopic (exact) mass is 325 g/mol. The van der Waals surface area contributed by atoms with Crippen molar-refractivity contribution in [1.82, 2.24) is 0 Å². The lowest BCUT2D eigenvalue weighted by atomic mass is 10.1. The zero-order valence-electron chi connectivity index (χ0n) is 7.24. The van der Waals surface area contributed by atoms with Gasteiger partial charge in [-0.1, -0.05) is 15.9 Å². The van der Waals surface area contributed by atoms with Crippen LogP contribution in [0.3, 0.4) is 0 Å². The molecule has 1 aromatic carbocycles. The Bertz CT molecular complexity index is 536. The Morgan fingerprint density at radius 3 is 2.53 bits per heavy atom. The van der Waals surface area contributed by atoms with E-state index in [4.69, 9.17) is 15.9 Å². The van der Waals surface area contributed by atoms with Gasteiger partial charge in [0, 0.05) is 20.9 Å². The smallest absolute Gasteiger partial charge is 0.207 e. The summed E-state index contributed by atoms with van der Waals surface area (Å²) in [4.78, 5) is 0.247. The van der Waals surface area contributed by atoms with Gasteiger partial charge in [-0.3, -0.25) is 0 Å². The highest BCUT2D eigenvalue weighted by molar-refractivity contribution is 9.08. The molecule has 1 rings (SSSR count). The van der Waals surface area contributed by atoms with Crippen LogP contribution in [0.25, 0.3) is 0 Å². The van der Waals surface area contributed by atoms with Crippen molar-refractivity contribution in [3.8, 4) is 6.07 Å². The SMILES string of the molecule is N#Cc1c(S)cc(S(=O)(=O)Cl)cc1CBr. The minimum Gasteiger partial charge on any atom is -0.207 e. The van der Waals surface area contributed by atoms with E-state index >= 15 is 0 Å². The maximum Gasteiger partial charge on any atom is 0.261 e. The van der Waals surface area contributed by atoms with Gasteiger partial charge in [0.1, 0.15) is 6.07 Å². The minimum absolute atomic E-state index is 0.0531. The first-order valence-corrected chi connectivity index (χ1v) is 7.54. The van der Waals surface area contributed by atoms with Crippen LogP contribution in [0.1, 0.15) is 11.1 Å². The molecule has 15 heavy (non-hydrogen) atoms. The molecule has 0 aromatic heterocycles. The van der Waals surface area contributed by atoms with E-state index < -0.39 is 9.05 Å². The molecule has 0 bridgehead atoms. The molecule has 0 aliphatic rings. The summed E-state index contributed by atoms with van der Waals surface area (Å²) in [5.74, 6) is 0. The van der Waals surface area contributed by atoms with Crippen LogP contribution < -0.4 is 0 Å². The average Bonchev–Trinajstić information content (AvgIpc) is 2.15. The number of hydrogen-bond acceptors (Lipinski definition) is 4. The summed E-state index contributed by atoms with van der Waals surface area (Å²) in [6, 6.07) is 4.57. The number of halogens is 2. The summed E-state index contributed by atoms with van der Waals surface area (Å²) in [6.45, 7) is 0. The molecule has 0 heterocycles. The third-order valence-electron chi connectivity index (χ3n) is 1.71. The van der Waals surface area contributed by atoms with Crippen LogP contribution in [0.15, 0.2) is 21.9 Å². The van der Waals surface area contributed by atoms with E-state index in [1.807, 2.05) is 6.07 Å². The fraction of sp³-hybridized carbons (Fsp3) is 0.125. The normalized spacial score (nSPS) is 11.1. The first-order valence-electron chi connectivity index (χ1n) is 3.66. The maximum atomic E-state index is 11.1. The van der Waals surface area contributed by atoms with Crippen LogP contribution in [0.5, 0.6) is 0 Å². The van der Waals surface area contributed by atoms with Gasteiger partial charge < -0.3 is 0 Å². The summed E-state index contributed by atoms with van der Waals surface area (Å²) in [7, 11) is 1.41. The molecule has 0 fully saturated rings. The van der Waals surface area contributed by atoms with Gasteiger partial charge in [0.2, 0.25) is 0 Å². The number of hydrogen-bond donors (Lipinski definition) is 1. The topological polar surface area (TPSA) is 57.9 Å². The second-order valence-corrected chi connectivity index (χ2v) is 6.27. The zero-order valence-corrected chi connectivity index (χ0v) is 11.3. The van der Waals surface area contributed by atoms with Gasteiger partial charge in [0.05, 0.1) is 10.5 Å². The largest absolute Gasteiger partial charge is 0.261 e. The van der Waals surface area contributed by atoms with Crippen molar-refractivity contribution in [2.45, 2.75) is 15.1 Å². The molecule has 0 spiro atoms. The van der Waals surface area contributed by atoms with Crippen molar-refractivity contribution in [2.24, 2.45) is 0 Å². The summed E-state index contributed by atoms with van der Waals surface area (Å²) in [5, 5.41) is 9.19. The standard InChI is InChI=1S/C8H5BrClNO2S2/c9-3-5-1-6(15(10,12)13)2-8(14)7(5)4-11/h1-2,14H,3H2. The Morgan fingerprint density at radius 2 is 2.13 bits per heavy atom. The number of nitriles is 1. The number of nitrogens with zero attached hydrogens (tertiary/aromatic N) is 1. The third kappa shape index (κ3) is 2.88. The molecular weight excluding hydrogens is 322 g/mol. The summed E-state index contributed by atoms with van der Waals surface area (Å²) in [6.07, 6.45) is 0. The van der Waals surface area contributed by atoms with Crippen LogP contribution in [-0.4, -0.2) is 8.42 Å². The molecule has 7 heteroatoms. The number of benzene rings is 1. The van der Waals surface area contributed by atoms with E-state index in [0.29, 0.717) is 21.4 Å². The van der Waals surface area contributed by atoms with Gasteiger partial charge in [-0.25, -0.2) is 8.42 Å². The van der Waals surface area contributed by atoms with Gasteiger partial charge in [-0.15, -0.1) is 12.6 Å². The van der Waals surface area contributed by atoms with Gasteiger partial charge in [0.25, 0.3) is 9.05 Å². The lowest BCUT2D eigenvalue weighted by Crippen LogP contribution is -1.96. The summed E-state index contributed by atoms with van der Waals surface area (Å²) >= 11 is 7.20. The van der Waals surface area contributed by atoms with Crippen molar-refractivity contribution in [3.05, 3.63) is 23.3 Å². The Labute approximate surface area is 106 Å². The molecule has 0 saturated heterocycles. The van der Waals surface area contributed by atoms with Crippen LogP contribution in [0, 0.1) is 11.3 Å². The molecular formula is C8H5BrClNO2S2. The van der Waals surface area contributed by atoms with Gasteiger partial charge in [0.15, 0.2) is 0 Å². The van der Waals surface area contributed by atoms with Gasteiger partial charge in [-0.05, 0) is 17.7 Å². The zero-order chi connectivity index (χ0) is 11.6. The van der Waals surface area contributed by atoms with E-state index in [9.17, 15) is 8.42 Å². The molecule has 0 amide bonds. The van der Waals surface area contributed by atoms with E-state index in [-0.39, 0.29) is 4.90 Å². The Morgan fingerprint density at radius 1 is 1.53 bits per heavy atom. The molecule has 0 aliphatic heterocycles. The molecule has 0 radical (unpaired) electrons. The Kier molecular flexibility index (Phi) is 4.06. The van der Waals surface area contributed by atoms with E-state index in [1.165, 1.54) is 12.1 Å². The highest BCUT2D eigenvalue weighted by atomic mass is 79.9. The van der Waals surface area contributed by atoms with E-state index in [1.54, 1.807) is 0 Å². The fourth-order valence-electron chi connectivity index (χ4n) is 1.03. The second-order valence-electron chi connectivity index (χ2n) is 2.66.